The van der Waals surface area contributed by atoms with Crippen LogP contribution >= 0.6 is 28.3 Å². The van der Waals surface area contributed by atoms with Gasteiger partial charge >= 0.3 is 12.5 Å². The number of aromatic hydroxyl groups is 1. The van der Waals surface area contributed by atoms with Crippen LogP contribution in [0.5, 0.6) is 11.5 Å². The second-order valence-corrected chi connectivity index (χ2v) is 5.80. The lowest BCUT2D eigenvalue weighted by Gasteiger charge is -2.21. The van der Waals surface area contributed by atoms with Crippen LogP contribution in [0.1, 0.15) is 22.7 Å². The van der Waals surface area contributed by atoms with Gasteiger partial charge in [0.05, 0.1) is 16.1 Å². The first-order valence-corrected chi connectivity index (χ1v) is 7.39. The Labute approximate surface area is 158 Å². The lowest BCUT2D eigenvalue weighted by atomic mass is 9.94. The normalized spacial score (nSPS) is 13.1. The molecular formula is C15H11BrClF6NO2. The van der Waals surface area contributed by atoms with Gasteiger partial charge in [-0.1, -0.05) is 12.1 Å². The largest absolute Gasteiger partial charge is 0.573 e. The first-order chi connectivity index (χ1) is 11.4. The van der Waals surface area contributed by atoms with Crippen molar-refractivity contribution < 1.29 is 36.2 Å². The Morgan fingerprint density at radius 3 is 1.96 bits per heavy atom. The van der Waals surface area contributed by atoms with Crippen LogP contribution in [-0.2, 0) is 6.18 Å². The topological polar surface area (TPSA) is 55.5 Å². The summed E-state index contributed by atoms with van der Waals surface area (Å²) in [4.78, 5) is 0. The molecule has 2 aromatic rings. The maximum Gasteiger partial charge on any atom is 0.573 e. The van der Waals surface area contributed by atoms with Gasteiger partial charge in [-0.3, -0.25) is 0 Å². The molecule has 2 aromatic carbocycles. The van der Waals surface area contributed by atoms with Crippen molar-refractivity contribution in [2.24, 2.45) is 5.73 Å². The molecule has 11 heteroatoms. The fourth-order valence-electron chi connectivity index (χ4n) is 2.19. The van der Waals surface area contributed by atoms with Crippen LogP contribution < -0.4 is 10.5 Å². The molecule has 0 spiro atoms. The first-order valence-electron chi connectivity index (χ1n) is 6.60. The molecule has 0 unspecified atom stereocenters. The molecule has 0 bridgehead atoms. The molecule has 0 radical (unpaired) electrons. The molecule has 0 saturated carbocycles. The van der Waals surface area contributed by atoms with E-state index < -0.39 is 41.2 Å². The Balaban J connectivity index is 0.00000338. The lowest BCUT2D eigenvalue weighted by molar-refractivity contribution is -0.274. The molecule has 144 valence electrons. The van der Waals surface area contributed by atoms with Gasteiger partial charge < -0.3 is 15.6 Å². The van der Waals surface area contributed by atoms with E-state index in [2.05, 4.69) is 20.7 Å². The number of rotatable bonds is 3. The van der Waals surface area contributed by atoms with Crippen molar-refractivity contribution in [3.05, 3.63) is 57.6 Å². The summed E-state index contributed by atoms with van der Waals surface area (Å²) in [5.41, 5.74) is 4.15. The van der Waals surface area contributed by atoms with Crippen molar-refractivity contribution >= 4 is 28.3 Å². The third-order valence-electron chi connectivity index (χ3n) is 3.26. The lowest BCUT2D eigenvalue weighted by Crippen LogP contribution is -2.19. The highest BCUT2D eigenvalue weighted by atomic mass is 79.9. The number of phenols is 1. The SMILES string of the molecule is Cl.N[C@H](c1ccc(OC(F)(F)F)cc1)c1c(C(F)(F)F)ccc(Br)c1O. The summed E-state index contributed by atoms with van der Waals surface area (Å²) >= 11 is 2.91. The maximum atomic E-state index is 13.2. The highest BCUT2D eigenvalue weighted by Crippen LogP contribution is 2.43. The second kappa shape index (κ2) is 7.93. The zero-order valence-corrected chi connectivity index (χ0v) is 14.9. The number of alkyl halides is 6. The van der Waals surface area contributed by atoms with Crippen molar-refractivity contribution in [2.75, 3.05) is 0 Å². The number of ether oxygens (including phenoxy) is 1. The third kappa shape index (κ3) is 5.18. The van der Waals surface area contributed by atoms with Crippen molar-refractivity contribution in [3.8, 4) is 11.5 Å². The van der Waals surface area contributed by atoms with Gasteiger partial charge in [-0.2, -0.15) is 13.2 Å². The number of benzene rings is 2. The zero-order chi connectivity index (χ0) is 19.0. The molecule has 0 heterocycles. The summed E-state index contributed by atoms with van der Waals surface area (Å²) in [5, 5.41) is 9.98. The average Bonchev–Trinajstić information content (AvgIpc) is 2.47. The fraction of sp³-hybridized carbons (Fsp3) is 0.200. The average molecular weight is 467 g/mol. The summed E-state index contributed by atoms with van der Waals surface area (Å²) in [6.07, 6.45) is -9.67. The molecule has 3 N–H and O–H groups in total. The molecule has 1 atom stereocenters. The highest BCUT2D eigenvalue weighted by molar-refractivity contribution is 9.10. The molecule has 3 nitrogen and oxygen atoms in total. The van der Waals surface area contributed by atoms with Gasteiger partial charge in [0.2, 0.25) is 0 Å². The van der Waals surface area contributed by atoms with Gasteiger partial charge in [0.25, 0.3) is 0 Å². The van der Waals surface area contributed by atoms with Crippen molar-refractivity contribution in [1.29, 1.82) is 0 Å². The predicted octanol–water partition coefficient (Wildman–Crippen LogP) is 5.54. The summed E-state index contributed by atoms with van der Waals surface area (Å²) in [5.74, 6) is -1.24. The van der Waals surface area contributed by atoms with E-state index >= 15 is 0 Å². The molecule has 0 fully saturated rings. The second-order valence-electron chi connectivity index (χ2n) is 4.95. The van der Waals surface area contributed by atoms with Gasteiger partial charge in [0.15, 0.2) is 0 Å². The number of phenolic OH excluding ortho intramolecular Hbond substituents is 1. The molecule has 0 aliphatic rings. The van der Waals surface area contributed by atoms with E-state index in [0.717, 1.165) is 36.4 Å². The van der Waals surface area contributed by atoms with Crippen LogP contribution in [0.3, 0.4) is 0 Å². The van der Waals surface area contributed by atoms with E-state index in [0.29, 0.717) is 0 Å². The minimum absolute atomic E-state index is 0. The predicted molar refractivity (Wildman–Crippen MR) is 87.2 cm³/mol. The molecule has 0 amide bonds. The van der Waals surface area contributed by atoms with Crippen molar-refractivity contribution in [1.82, 2.24) is 0 Å². The van der Waals surface area contributed by atoms with Crippen LogP contribution in [0.2, 0.25) is 0 Å². The van der Waals surface area contributed by atoms with Crippen LogP contribution in [0.25, 0.3) is 0 Å². The van der Waals surface area contributed by atoms with Crippen molar-refractivity contribution in [2.45, 2.75) is 18.6 Å². The number of halogens is 8. The van der Waals surface area contributed by atoms with Gasteiger partial charge in [-0.05, 0) is 45.8 Å². The Morgan fingerprint density at radius 2 is 1.50 bits per heavy atom. The van der Waals surface area contributed by atoms with Crippen LogP contribution in [0, 0.1) is 0 Å². The minimum atomic E-state index is -4.89. The first kappa shape index (κ1) is 22.4. The standard InChI is InChI=1S/C15H10BrF6NO2.ClH/c16-10-6-5-9(14(17,18)19)11(13(10)24)12(23)7-1-3-8(4-2-7)25-15(20,21)22;/h1-6,12,24H,23H2;1H/t12-;/m1./s1. The molecule has 0 aliphatic carbocycles. The van der Waals surface area contributed by atoms with Gasteiger partial charge in [-0.15, -0.1) is 25.6 Å². The fourth-order valence-corrected chi connectivity index (χ4v) is 2.53. The Morgan fingerprint density at radius 1 is 0.962 bits per heavy atom. The van der Waals surface area contributed by atoms with E-state index in [4.69, 9.17) is 5.73 Å². The Hall–Kier alpha value is -1.65. The number of hydrogen-bond acceptors (Lipinski definition) is 3. The van der Waals surface area contributed by atoms with E-state index in [9.17, 15) is 31.4 Å². The van der Waals surface area contributed by atoms with Crippen LogP contribution in [0.4, 0.5) is 26.3 Å². The van der Waals surface area contributed by atoms with Gasteiger partial charge in [0.1, 0.15) is 11.5 Å². The Kier molecular flexibility index (Phi) is 6.83. The summed E-state index contributed by atoms with van der Waals surface area (Å²) in [6.45, 7) is 0. The number of hydrogen-bond donors (Lipinski definition) is 2. The quantitative estimate of drug-likeness (QED) is 0.584. The third-order valence-corrected chi connectivity index (χ3v) is 3.90. The van der Waals surface area contributed by atoms with E-state index in [-0.39, 0.29) is 22.4 Å². The zero-order valence-electron chi connectivity index (χ0n) is 12.5. The number of nitrogens with two attached hydrogens (primary N) is 1. The molecule has 26 heavy (non-hydrogen) atoms. The van der Waals surface area contributed by atoms with Crippen LogP contribution in [0.15, 0.2) is 40.9 Å². The van der Waals surface area contributed by atoms with Crippen molar-refractivity contribution in [3.63, 3.8) is 0 Å². The molecule has 0 saturated heterocycles. The van der Waals surface area contributed by atoms with E-state index in [1.54, 1.807) is 0 Å². The van der Waals surface area contributed by atoms with E-state index in [1.807, 2.05) is 0 Å². The minimum Gasteiger partial charge on any atom is -0.506 e. The molecular weight excluding hydrogens is 456 g/mol. The Bertz CT molecular complexity index is 764. The molecule has 0 aliphatic heterocycles. The van der Waals surface area contributed by atoms with Gasteiger partial charge in [0, 0.05) is 5.56 Å². The van der Waals surface area contributed by atoms with Gasteiger partial charge in [-0.25, -0.2) is 0 Å². The maximum absolute atomic E-state index is 13.2. The summed E-state index contributed by atoms with van der Waals surface area (Å²) in [6, 6.07) is 4.37. The molecule has 0 aromatic heterocycles. The highest BCUT2D eigenvalue weighted by Gasteiger charge is 2.37. The smallest absolute Gasteiger partial charge is 0.506 e. The van der Waals surface area contributed by atoms with E-state index in [1.165, 1.54) is 0 Å². The summed E-state index contributed by atoms with van der Waals surface area (Å²) in [7, 11) is 0. The molecule has 2 rings (SSSR count). The summed E-state index contributed by atoms with van der Waals surface area (Å²) < 4.78 is 79.6. The van der Waals surface area contributed by atoms with Crippen LogP contribution in [-0.4, -0.2) is 11.5 Å². The monoisotopic (exact) mass is 465 g/mol.